The quantitative estimate of drug-likeness (QED) is 0.675. The third-order valence-electron chi connectivity index (χ3n) is 3.34. The Morgan fingerprint density at radius 3 is 2.00 bits per heavy atom. The summed E-state index contributed by atoms with van der Waals surface area (Å²) in [7, 11) is 0. The Morgan fingerprint density at radius 1 is 1.25 bits per heavy atom. The fourth-order valence-corrected chi connectivity index (χ4v) is 1.54. The van der Waals surface area contributed by atoms with Gasteiger partial charge in [0.05, 0.1) is 6.10 Å². The first-order chi connectivity index (χ1) is 5.45. The van der Waals surface area contributed by atoms with Crippen LogP contribution in [0.2, 0.25) is 0 Å². The molecular formula is C11H24O. The number of aliphatic hydroxyl groups excluding tert-OH is 1. The highest BCUT2D eigenvalue weighted by Gasteiger charge is 2.32. The van der Waals surface area contributed by atoms with E-state index in [2.05, 4.69) is 27.7 Å². The Balaban J connectivity index is 4.19. The van der Waals surface area contributed by atoms with E-state index in [1.807, 2.05) is 6.92 Å². The molecule has 0 aromatic heterocycles. The van der Waals surface area contributed by atoms with Crippen LogP contribution in [0.3, 0.4) is 0 Å². The lowest BCUT2D eigenvalue weighted by atomic mass is 9.71. The third kappa shape index (κ3) is 2.78. The van der Waals surface area contributed by atoms with Gasteiger partial charge in [0.25, 0.3) is 0 Å². The molecule has 1 N–H and O–H groups in total. The summed E-state index contributed by atoms with van der Waals surface area (Å²) in [5.41, 5.74) is 0.107. The van der Waals surface area contributed by atoms with E-state index in [-0.39, 0.29) is 11.5 Å². The first-order valence-corrected chi connectivity index (χ1v) is 5.13. The lowest BCUT2D eigenvalue weighted by molar-refractivity contribution is 0.00818. The van der Waals surface area contributed by atoms with E-state index in [0.29, 0.717) is 5.92 Å². The van der Waals surface area contributed by atoms with Gasteiger partial charge in [-0.2, -0.15) is 0 Å². The summed E-state index contributed by atoms with van der Waals surface area (Å²) in [5, 5.41) is 9.67. The molecule has 0 amide bonds. The Bertz CT molecular complexity index is 108. The van der Waals surface area contributed by atoms with Crippen LogP contribution in [0.1, 0.15) is 53.9 Å². The molecule has 0 aromatic rings. The van der Waals surface area contributed by atoms with Crippen LogP contribution in [-0.2, 0) is 0 Å². The highest BCUT2D eigenvalue weighted by molar-refractivity contribution is 4.82. The lowest BCUT2D eigenvalue weighted by Crippen LogP contribution is -2.35. The number of hydrogen-bond acceptors (Lipinski definition) is 1. The largest absolute Gasteiger partial charge is 0.393 e. The van der Waals surface area contributed by atoms with Crippen LogP contribution < -0.4 is 0 Å². The zero-order valence-electron chi connectivity index (χ0n) is 9.22. The molecular weight excluding hydrogens is 148 g/mol. The van der Waals surface area contributed by atoms with Crippen molar-refractivity contribution in [3.63, 3.8) is 0 Å². The summed E-state index contributed by atoms with van der Waals surface area (Å²) in [4.78, 5) is 0. The summed E-state index contributed by atoms with van der Waals surface area (Å²) in [6, 6.07) is 0. The molecule has 0 heterocycles. The van der Waals surface area contributed by atoms with Crippen LogP contribution in [0, 0.1) is 11.3 Å². The average Bonchev–Trinajstić information content (AvgIpc) is 1.99. The van der Waals surface area contributed by atoms with Gasteiger partial charge < -0.3 is 5.11 Å². The molecule has 0 rings (SSSR count). The first kappa shape index (κ1) is 12.0. The number of hydrogen-bond donors (Lipinski definition) is 1. The SMILES string of the molecule is CCCCC(C)(C(C)C)[C@@H](C)O. The van der Waals surface area contributed by atoms with Crippen LogP contribution in [0.15, 0.2) is 0 Å². The van der Waals surface area contributed by atoms with Crippen molar-refractivity contribution in [1.29, 1.82) is 0 Å². The predicted molar refractivity (Wildman–Crippen MR) is 54.2 cm³/mol. The van der Waals surface area contributed by atoms with Gasteiger partial charge in [-0.05, 0) is 24.7 Å². The summed E-state index contributed by atoms with van der Waals surface area (Å²) >= 11 is 0. The minimum absolute atomic E-state index is 0.107. The minimum atomic E-state index is -0.191. The van der Waals surface area contributed by atoms with Gasteiger partial charge in [0.15, 0.2) is 0 Å². The fourth-order valence-electron chi connectivity index (χ4n) is 1.54. The molecule has 12 heavy (non-hydrogen) atoms. The van der Waals surface area contributed by atoms with Gasteiger partial charge >= 0.3 is 0 Å². The normalized spacial score (nSPS) is 19.2. The van der Waals surface area contributed by atoms with Crippen molar-refractivity contribution in [1.82, 2.24) is 0 Å². The second-order valence-electron chi connectivity index (χ2n) is 4.44. The molecule has 0 fully saturated rings. The zero-order chi connectivity index (χ0) is 9.78. The fraction of sp³-hybridized carbons (Fsp3) is 1.00. The van der Waals surface area contributed by atoms with Crippen LogP contribution in [0.25, 0.3) is 0 Å². The van der Waals surface area contributed by atoms with E-state index in [0.717, 1.165) is 6.42 Å². The second-order valence-corrected chi connectivity index (χ2v) is 4.44. The Labute approximate surface area is 77.2 Å². The van der Waals surface area contributed by atoms with Gasteiger partial charge in [0, 0.05) is 0 Å². The van der Waals surface area contributed by atoms with E-state index in [1.54, 1.807) is 0 Å². The molecule has 0 aliphatic heterocycles. The van der Waals surface area contributed by atoms with Crippen LogP contribution in [0.4, 0.5) is 0 Å². The van der Waals surface area contributed by atoms with E-state index in [1.165, 1.54) is 12.8 Å². The monoisotopic (exact) mass is 172 g/mol. The summed E-state index contributed by atoms with van der Waals surface area (Å²) < 4.78 is 0. The lowest BCUT2D eigenvalue weighted by Gasteiger charge is -2.36. The van der Waals surface area contributed by atoms with Crippen molar-refractivity contribution in [2.45, 2.75) is 60.0 Å². The first-order valence-electron chi connectivity index (χ1n) is 5.13. The van der Waals surface area contributed by atoms with E-state index >= 15 is 0 Å². The molecule has 0 saturated heterocycles. The van der Waals surface area contributed by atoms with Gasteiger partial charge in [0.1, 0.15) is 0 Å². The van der Waals surface area contributed by atoms with E-state index in [4.69, 9.17) is 0 Å². The Hall–Kier alpha value is -0.0400. The number of rotatable bonds is 5. The maximum atomic E-state index is 9.67. The van der Waals surface area contributed by atoms with Crippen LogP contribution in [0.5, 0.6) is 0 Å². The Morgan fingerprint density at radius 2 is 1.75 bits per heavy atom. The summed E-state index contributed by atoms with van der Waals surface area (Å²) in [5.74, 6) is 0.559. The maximum absolute atomic E-state index is 9.67. The van der Waals surface area contributed by atoms with Gasteiger partial charge in [-0.25, -0.2) is 0 Å². The Kier molecular flexibility index (Phi) is 4.84. The highest BCUT2D eigenvalue weighted by Crippen LogP contribution is 2.36. The predicted octanol–water partition coefficient (Wildman–Crippen LogP) is 3.22. The highest BCUT2D eigenvalue weighted by atomic mass is 16.3. The molecule has 0 bridgehead atoms. The average molecular weight is 172 g/mol. The van der Waals surface area contributed by atoms with Crippen molar-refractivity contribution < 1.29 is 5.11 Å². The van der Waals surface area contributed by atoms with Crippen molar-refractivity contribution in [2.75, 3.05) is 0 Å². The maximum Gasteiger partial charge on any atom is 0.0568 e. The molecule has 0 saturated carbocycles. The van der Waals surface area contributed by atoms with Gasteiger partial charge in [-0.3, -0.25) is 0 Å². The van der Waals surface area contributed by atoms with Crippen molar-refractivity contribution in [3.05, 3.63) is 0 Å². The van der Waals surface area contributed by atoms with Crippen molar-refractivity contribution in [3.8, 4) is 0 Å². The zero-order valence-corrected chi connectivity index (χ0v) is 9.22. The van der Waals surface area contributed by atoms with Gasteiger partial charge in [-0.15, -0.1) is 0 Å². The van der Waals surface area contributed by atoms with Crippen LogP contribution in [-0.4, -0.2) is 11.2 Å². The second kappa shape index (κ2) is 4.86. The molecule has 0 aliphatic carbocycles. The molecule has 1 unspecified atom stereocenters. The van der Waals surface area contributed by atoms with Crippen molar-refractivity contribution >= 4 is 0 Å². The molecule has 1 heteroatoms. The van der Waals surface area contributed by atoms with Crippen molar-refractivity contribution in [2.24, 2.45) is 11.3 Å². The molecule has 74 valence electrons. The molecule has 0 aromatic carbocycles. The molecule has 0 spiro atoms. The molecule has 0 radical (unpaired) electrons. The van der Waals surface area contributed by atoms with Gasteiger partial charge in [0.2, 0.25) is 0 Å². The third-order valence-corrected chi connectivity index (χ3v) is 3.34. The van der Waals surface area contributed by atoms with Crippen LogP contribution >= 0.6 is 0 Å². The number of unbranched alkanes of at least 4 members (excludes halogenated alkanes) is 1. The van der Waals surface area contributed by atoms with E-state index in [9.17, 15) is 5.11 Å². The molecule has 1 nitrogen and oxygen atoms in total. The summed E-state index contributed by atoms with van der Waals surface area (Å²) in [6.07, 6.45) is 3.39. The standard InChI is InChI=1S/C11H24O/c1-6-7-8-11(5,9(2)3)10(4)12/h9-10,12H,6-8H2,1-5H3/t10-,11?/m1/s1. The molecule has 2 atom stereocenters. The summed E-state index contributed by atoms with van der Waals surface area (Å²) in [6.45, 7) is 10.7. The smallest absolute Gasteiger partial charge is 0.0568 e. The van der Waals surface area contributed by atoms with E-state index < -0.39 is 0 Å². The van der Waals surface area contributed by atoms with Gasteiger partial charge in [-0.1, -0.05) is 40.5 Å². The topological polar surface area (TPSA) is 20.2 Å². The number of aliphatic hydroxyl groups is 1. The molecule has 0 aliphatic rings. The minimum Gasteiger partial charge on any atom is -0.393 e.